The SMILES string of the molecule is COC(=O)C(NCC[C@@H]1NC[C@H](O)[C@@H]1O)c1ccc(-c2ccccc2)cc1. The summed E-state index contributed by atoms with van der Waals surface area (Å²) in [6.45, 7) is 0.884. The maximum atomic E-state index is 12.2. The molecule has 4 atom stereocenters. The molecule has 0 radical (unpaired) electrons. The van der Waals surface area contributed by atoms with Crippen LogP contribution in [0.4, 0.5) is 0 Å². The van der Waals surface area contributed by atoms with E-state index < -0.39 is 18.2 Å². The zero-order valence-electron chi connectivity index (χ0n) is 15.3. The standard InChI is InChI=1S/C21H26N2O4/c1-27-21(26)19(22-12-11-17-20(25)18(24)13-23-17)16-9-7-15(8-10-16)14-5-3-2-4-6-14/h2-10,17-20,22-25H,11-13H2,1H3/t17-,18-,19?,20+/m0/s1. The summed E-state index contributed by atoms with van der Waals surface area (Å²) in [5.74, 6) is -0.359. The Bertz CT molecular complexity index is 736. The molecule has 4 N–H and O–H groups in total. The Balaban J connectivity index is 1.65. The fraction of sp³-hybridized carbons (Fsp3) is 0.381. The second-order valence-electron chi connectivity index (χ2n) is 6.76. The number of benzene rings is 2. The predicted octanol–water partition coefficient (Wildman–Crippen LogP) is 1.24. The molecule has 1 aliphatic heterocycles. The number of carbonyl (C=O) groups excluding carboxylic acids is 1. The molecule has 3 rings (SSSR count). The van der Waals surface area contributed by atoms with Crippen LogP contribution in [-0.2, 0) is 9.53 Å². The van der Waals surface area contributed by atoms with Gasteiger partial charge in [0.25, 0.3) is 0 Å². The van der Waals surface area contributed by atoms with E-state index in [0.29, 0.717) is 19.5 Å². The maximum absolute atomic E-state index is 12.2. The summed E-state index contributed by atoms with van der Waals surface area (Å²) in [4.78, 5) is 12.2. The van der Waals surface area contributed by atoms with Crippen LogP contribution in [0.1, 0.15) is 18.0 Å². The van der Waals surface area contributed by atoms with Crippen LogP contribution in [0.25, 0.3) is 11.1 Å². The van der Waals surface area contributed by atoms with Gasteiger partial charge in [0, 0.05) is 12.6 Å². The van der Waals surface area contributed by atoms with Gasteiger partial charge in [-0.2, -0.15) is 0 Å². The first-order valence-electron chi connectivity index (χ1n) is 9.16. The number of aliphatic hydroxyl groups excluding tert-OH is 2. The molecule has 6 nitrogen and oxygen atoms in total. The average Bonchev–Trinajstić information content (AvgIpc) is 3.04. The molecule has 0 bridgehead atoms. The van der Waals surface area contributed by atoms with E-state index in [1.54, 1.807) is 0 Å². The van der Waals surface area contributed by atoms with Crippen molar-refractivity contribution in [3.05, 3.63) is 60.2 Å². The van der Waals surface area contributed by atoms with Gasteiger partial charge >= 0.3 is 5.97 Å². The van der Waals surface area contributed by atoms with Crippen LogP contribution < -0.4 is 10.6 Å². The Kier molecular flexibility index (Phi) is 6.58. The van der Waals surface area contributed by atoms with Crippen LogP contribution in [0.5, 0.6) is 0 Å². The van der Waals surface area contributed by atoms with Crippen molar-refractivity contribution in [3.8, 4) is 11.1 Å². The number of aliphatic hydroxyl groups is 2. The lowest BCUT2D eigenvalue weighted by atomic mass is 10.0. The molecule has 2 aromatic rings. The highest BCUT2D eigenvalue weighted by molar-refractivity contribution is 5.78. The molecular weight excluding hydrogens is 344 g/mol. The Labute approximate surface area is 159 Å². The van der Waals surface area contributed by atoms with Gasteiger partial charge in [-0.15, -0.1) is 0 Å². The van der Waals surface area contributed by atoms with Crippen LogP contribution in [0.3, 0.4) is 0 Å². The molecule has 0 spiro atoms. The molecule has 6 heteroatoms. The first-order chi connectivity index (χ1) is 13.1. The molecule has 0 aromatic heterocycles. The molecule has 1 fully saturated rings. The number of nitrogens with one attached hydrogen (secondary N) is 2. The first kappa shape index (κ1) is 19.5. The van der Waals surface area contributed by atoms with Gasteiger partial charge in [-0.3, -0.25) is 0 Å². The normalized spacial score (nSPS) is 23.1. The predicted molar refractivity (Wildman–Crippen MR) is 103 cm³/mol. The molecular formula is C21H26N2O4. The van der Waals surface area contributed by atoms with Crippen molar-refractivity contribution < 1.29 is 19.7 Å². The number of esters is 1. The lowest BCUT2D eigenvalue weighted by molar-refractivity contribution is -0.143. The Morgan fingerprint density at radius 3 is 2.41 bits per heavy atom. The summed E-state index contributed by atoms with van der Waals surface area (Å²) >= 11 is 0. The van der Waals surface area contributed by atoms with Crippen LogP contribution >= 0.6 is 0 Å². The third-order valence-corrected chi connectivity index (χ3v) is 4.99. The molecule has 0 amide bonds. The smallest absolute Gasteiger partial charge is 0.327 e. The van der Waals surface area contributed by atoms with Crippen molar-refractivity contribution in [1.29, 1.82) is 0 Å². The fourth-order valence-electron chi connectivity index (χ4n) is 3.39. The zero-order chi connectivity index (χ0) is 19.2. The van der Waals surface area contributed by atoms with Gasteiger partial charge in [-0.1, -0.05) is 54.6 Å². The molecule has 1 saturated heterocycles. The average molecular weight is 370 g/mol. The van der Waals surface area contributed by atoms with Crippen LogP contribution in [0.15, 0.2) is 54.6 Å². The van der Waals surface area contributed by atoms with Crippen molar-refractivity contribution in [2.24, 2.45) is 0 Å². The molecule has 144 valence electrons. The quantitative estimate of drug-likeness (QED) is 0.548. The third kappa shape index (κ3) is 4.73. The number of ether oxygens (including phenoxy) is 1. The number of hydrogen-bond donors (Lipinski definition) is 4. The van der Waals surface area contributed by atoms with Gasteiger partial charge in [-0.05, 0) is 29.7 Å². The van der Waals surface area contributed by atoms with Crippen molar-refractivity contribution in [2.45, 2.75) is 30.7 Å². The number of carbonyl (C=O) groups is 1. The van der Waals surface area contributed by atoms with Gasteiger partial charge in [-0.25, -0.2) is 4.79 Å². The largest absolute Gasteiger partial charge is 0.468 e. The van der Waals surface area contributed by atoms with Crippen LogP contribution in [0, 0.1) is 0 Å². The summed E-state index contributed by atoms with van der Waals surface area (Å²) in [5, 5.41) is 25.8. The molecule has 0 saturated carbocycles. The van der Waals surface area contributed by atoms with E-state index in [1.165, 1.54) is 7.11 Å². The third-order valence-electron chi connectivity index (χ3n) is 4.99. The Hall–Kier alpha value is -2.25. The highest BCUT2D eigenvalue weighted by Gasteiger charge is 2.32. The summed E-state index contributed by atoms with van der Waals surface area (Å²) < 4.78 is 4.94. The molecule has 0 aliphatic carbocycles. The highest BCUT2D eigenvalue weighted by atomic mass is 16.5. The second kappa shape index (κ2) is 9.10. The van der Waals surface area contributed by atoms with Gasteiger partial charge in [0.2, 0.25) is 0 Å². The van der Waals surface area contributed by atoms with E-state index in [9.17, 15) is 15.0 Å². The van der Waals surface area contributed by atoms with Gasteiger partial charge < -0.3 is 25.6 Å². The summed E-state index contributed by atoms with van der Waals surface area (Å²) in [7, 11) is 1.37. The van der Waals surface area contributed by atoms with Gasteiger partial charge in [0.05, 0.1) is 19.3 Å². The minimum Gasteiger partial charge on any atom is -0.468 e. The van der Waals surface area contributed by atoms with E-state index in [1.807, 2.05) is 54.6 Å². The van der Waals surface area contributed by atoms with E-state index in [4.69, 9.17) is 4.74 Å². The van der Waals surface area contributed by atoms with Crippen molar-refractivity contribution in [1.82, 2.24) is 10.6 Å². The lowest BCUT2D eigenvalue weighted by Gasteiger charge is -2.20. The first-order valence-corrected chi connectivity index (χ1v) is 9.16. The number of hydrogen-bond acceptors (Lipinski definition) is 6. The number of rotatable bonds is 7. The molecule has 27 heavy (non-hydrogen) atoms. The van der Waals surface area contributed by atoms with Crippen molar-refractivity contribution in [2.75, 3.05) is 20.2 Å². The van der Waals surface area contributed by atoms with Gasteiger partial charge in [0.15, 0.2) is 0 Å². The van der Waals surface area contributed by atoms with Crippen LogP contribution in [0.2, 0.25) is 0 Å². The topological polar surface area (TPSA) is 90.8 Å². The fourth-order valence-corrected chi connectivity index (χ4v) is 3.39. The Morgan fingerprint density at radius 2 is 1.81 bits per heavy atom. The summed E-state index contributed by atoms with van der Waals surface area (Å²) in [6.07, 6.45) is -0.932. The van der Waals surface area contributed by atoms with Crippen molar-refractivity contribution >= 4 is 5.97 Å². The summed E-state index contributed by atoms with van der Waals surface area (Å²) in [5.41, 5.74) is 3.02. The van der Waals surface area contributed by atoms with Crippen molar-refractivity contribution in [3.63, 3.8) is 0 Å². The summed E-state index contributed by atoms with van der Waals surface area (Å²) in [6, 6.07) is 17.1. The van der Waals surface area contributed by atoms with E-state index in [2.05, 4.69) is 10.6 Å². The number of methoxy groups -OCH3 is 1. The second-order valence-corrected chi connectivity index (χ2v) is 6.76. The van der Waals surface area contributed by atoms with E-state index in [0.717, 1.165) is 16.7 Å². The van der Waals surface area contributed by atoms with Gasteiger partial charge in [0.1, 0.15) is 6.04 Å². The molecule has 2 aromatic carbocycles. The minimum atomic E-state index is -0.784. The van der Waals surface area contributed by atoms with E-state index >= 15 is 0 Å². The lowest BCUT2D eigenvalue weighted by Crippen LogP contribution is -2.38. The maximum Gasteiger partial charge on any atom is 0.327 e. The van der Waals surface area contributed by atoms with Crippen LogP contribution in [-0.4, -0.2) is 54.6 Å². The minimum absolute atomic E-state index is 0.189. The Morgan fingerprint density at radius 1 is 1.15 bits per heavy atom. The monoisotopic (exact) mass is 370 g/mol. The molecule has 1 aliphatic rings. The van der Waals surface area contributed by atoms with E-state index in [-0.39, 0.29) is 12.0 Å². The zero-order valence-corrected chi connectivity index (χ0v) is 15.3. The molecule has 1 heterocycles. The molecule has 1 unspecified atom stereocenters. The highest BCUT2D eigenvalue weighted by Crippen LogP contribution is 2.22. The number of β-amino-alcohol motifs (C(OH)–C–C–N with tert-alkyl or cyclic N) is 1.